The van der Waals surface area contributed by atoms with E-state index in [2.05, 4.69) is 5.32 Å². The lowest BCUT2D eigenvalue weighted by molar-refractivity contribution is -0.148. The standard InChI is InChI=1S/C11H13NO4S/c13-9(6-7-2-1-5-17-7)12-8-3-4-16-10(8)11(14)15/h1-2,5,8,10H,3-4,6H2,(H,12,13)(H,14,15)/t8-,10+/m0/s1. The van der Waals surface area contributed by atoms with Crippen LogP contribution in [0.4, 0.5) is 0 Å². The Kier molecular flexibility index (Phi) is 3.75. The Morgan fingerprint density at radius 1 is 1.59 bits per heavy atom. The van der Waals surface area contributed by atoms with Crippen LogP contribution in [0.5, 0.6) is 0 Å². The predicted molar refractivity (Wildman–Crippen MR) is 61.9 cm³/mol. The van der Waals surface area contributed by atoms with E-state index in [1.54, 1.807) is 0 Å². The number of carboxylic acids is 1. The van der Waals surface area contributed by atoms with Crippen LogP contribution in [0.25, 0.3) is 0 Å². The van der Waals surface area contributed by atoms with Gasteiger partial charge >= 0.3 is 5.97 Å². The fourth-order valence-corrected chi connectivity index (χ4v) is 2.51. The molecule has 2 atom stereocenters. The van der Waals surface area contributed by atoms with Crippen molar-refractivity contribution in [3.63, 3.8) is 0 Å². The summed E-state index contributed by atoms with van der Waals surface area (Å²) in [4.78, 5) is 23.5. The Bertz CT molecular complexity index is 404. The van der Waals surface area contributed by atoms with E-state index in [0.717, 1.165) is 4.88 Å². The molecular weight excluding hydrogens is 242 g/mol. The quantitative estimate of drug-likeness (QED) is 0.828. The van der Waals surface area contributed by atoms with E-state index in [0.29, 0.717) is 19.4 Å². The first-order valence-corrected chi connectivity index (χ1v) is 6.21. The zero-order valence-electron chi connectivity index (χ0n) is 9.09. The molecule has 6 heteroatoms. The van der Waals surface area contributed by atoms with E-state index in [9.17, 15) is 9.59 Å². The highest BCUT2D eigenvalue weighted by molar-refractivity contribution is 7.10. The zero-order valence-corrected chi connectivity index (χ0v) is 9.90. The molecule has 2 N–H and O–H groups in total. The topological polar surface area (TPSA) is 75.6 Å². The summed E-state index contributed by atoms with van der Waals surface area (Å²) in [6, 6.07) is 3.34. The molecule has 2 heterocycles. The summed E-state index contributed by atoms with van der Waals surface area (Å²) in [5.74, 6) is -1.18. The van der Waals surface area contributed by atoms with Crippen LogP contribution in [0.1, 0.15) is 11.3 Å². The summed E-state index contributed by atoms with van der Waals surface area (Å²) in [5.41, 5.74) is 0. The molecule has 17 heavy (non-hydrogen) atoms. The highest BCUT2D eigenvalue weighted by Crippen LogP contribution is 2.15. The third kappa shape index (κ3) is 3.04. The molecule has 92 valence electrons. The molecule has 1 aliphatic rings. The first-order chi connectivity index (χ1) is 8.16. The van der Waals surface area contributed by atoms with Gasteiger partial charge in [0.2, 0.25) is 5.91 Å². The average molecular weight is 255 g/mol. The van der Waals surface area contributed by atoms with E-state index in [-0.39, 0.29) is 5.91 Å². The molecule has 0 bridgehead atoms. The van der Waals surface area contributed by atoms with Crippen LogP contribution >= 0.6 is 11.3 Å². The van der Waals surface area contributed by atoms with Crippen LogP contribution in [0.3, 0.4) is 0 Å². The summed E-state index contributed by atoms with van der Waals surface area (Å²) in [7, 11) is 0. The van der Waals surface area contributed by atoms with E-state index in [4.69, 9.17) is 9.84 Å². The maximum absolute atomic E-state index is 11.7. The number of ether oxygens (including phenoxy) is 1. The molecule has 1 aliphatic heterocycles. The van der Waals surface area contributed by atoms with Gasteiger partial charge in [-0.1, -0.05) is 6.07 Å². The smallest absolute Gasteiger partial charge is 0.334 e. The van der Waals surface area contributed by atoms with Gasteiger partial charge < -0.3 is 15.2 Å². The van der Waals surface area contributed by atoms with E-state index in [1.165, 1.54) is 11.3 Å². The predicted octanol–water partition coefficient (Wildman–Crippen LogP) is 0.649. The Morgan fingerprint density at radius 3 is 3.06 bits per heavy atom. The SMILES string of the molecule is O=C(Cc1cccs1)N[C@H]1CCO[C@H]1C(=O)O. The van der Waals surface area contributed by atoms with Crippen LogP contribution in [-0.2, 0) is 20.7 Å². The monoisotopic (exact) mass is 255 g/mol. The highest BCUT2D eigenvalue weighted by Gasteiger charge is 2.35. The first kappa shape index (κ1) is 12.1. The van der Waals surface area contributed by atoms with E-state index in [1.807, 2.05) is 17.5 Å². The van der Waals surface area contributed by atoms with Gasteiger partial charge in [0.15, 0.2) is 6.10 Å². The average Bonchev–Trinajstić information content (AvgIpc) is 2.88. The first-order valence-electron chi connectivity index (χ1n) is 5.33. The molecule has 0 aliphatic carbocycles. The molecule has 0 unspecified atom stereocenters. The van der Waals surface area contributed by atoms with Gasteiger partial charge in [0.1, 0.15) is 0 Å². The van der Waals surface area contributed by atoms with Gasteiger partial charge in [-0.15, -0.1) is 11.3 Å². The maximum atomic E-state index is 11.7. The fourth-order valence-electron chi connectivity index (χ4n) is 1.81. The second-order valence-corrected chi connectivity index (χ2v) is 4.88. The molecule has 1 saturated heterocycles. The van der Waals surface area contributed by atoms with Crippen LogP contribution in [0.2, 0.25) is 0 Å². The summed E-state index contributed by atoms with van der Waals surface area (Å²) in [6.07, 6.45) is -0.0736. The molecule has 0 saturated carbocycles. The fraction of sp³-hybridized carbons (Fsp3) is 0.455. The van der Waals surface area contributed by atoms with Crippen molar-refractivity contribution in [3.05, 3.63) is 22.4 Å². The third-order valence-corrected chi connectivity index (χ3v) is 3.47. The van der Waals surface area contributed by atoms with Gasteiger partial charge in [-0.3, -0.25) is 4.79 Å². The summed E-state index contributed by atoms with van der Waals surface area (Å²) < 4.78 is 5.05. The molecule has 0 spiro atoms. The Hall–Kier alpha value is -1.40. The van der Waals surface area contributed by atoms with Crippen molar-refractivity contribution in [3.8, 4) is 0 Å². The molecule has 2 rings (SSSR count). The number of amides is 1. The van der Waals surface area contributed by atoms with Gasteiger partial charge in [0.05, 0.1) is 12.5 Å². The Labute approximate surface area is 102 Å². The minimum Gasteiger partial charge on any atom is -0.479 e. The minimum absolute atomic E-state index is 0.158. The van der Waals surface area contributed by atoms with Gasteiger partial charge in [0.25, 0.3) is 0 Å². The molecular formula is C11H13NO4S. The highest BCUT2D eigenvalue weighted by atomic mass is 32.1. The van der Waals surface area contributed by atoms with Gasteiger partial charge in [-0.05, 0) is 17.9 Å². The van der Waals surface area contributed by atoms with Crippen molar-refractivity contribution in [2.45, 2.75) is 25.0 Å². The van der Waals surface area contributed by atoms with Gasteiger partial charge in [-0.25, -0.2) is 4.79 Å². The van der Waals surface area contributed by atoms with Crippen LogP contribution in [0, 0.1) is 0 Å². The second-order valence-electron chi connectivity index (χ2n) is 3.85. The molecule has 1 aromatic rings. The van der Waals surface area contributed by atoms with Gasteiger partial charge in [0, 0.05) is 11.5 Å². The second kappa shape index (κ2) is 5.29. The third-order valence-electron chi connectivity index (χ3n) is 2.60. The molecule has 1 fully saturated rings. The summed E-state index contributed by atoms with van der Waals surface area (Å²) in [5, 5.41) is 13.5. The number of thiophene rings is 1. The lowest BCUT2D eigenvalue weighted by Crippen LogP contribution is -2.44. The molecule has 1 amide bonds. The number of hydrogen-bond donors (Lipinski definition) is 2. The van der Waals surface area contributed by atoms with Crippen molar-refractivity contribution >= 4 is 23.2 Å². The number of carboxylic acid groups (broad SMARTS) is 1. The van der Waals surface area contributed by atoms with Crippen molar-refractivity contribution in [1.29, 1.82) is 0 Å². The summed E-state index contributed by atoms with van der Waals surface area (Å²) in [6.45, 7) is 0.376. The van der Waals surface area contributed by atoms with Crippen molar-refractivity contribution < 1.29 is 19.4 Å². The lowest BCUT2D eigenvalue weighted by Gasteiger charge is -2.15. The normalized spacial score (nSPS) is 23.5. The Morgan fingerprint density at radius 2 is 2.41 bits per heavy atom. The minimum atomic E-state index is -1.02. The summed E-state index contributed by atoms with van der Waals surface area (Å²) >= 11 is 1.51. The molecule has 1 aromatic heterocycles. The number of rotatable bonds is 4. The van der Waals surface area contributed by atoms with Crippen LogP contribution < -0.4 is 5.32 Å². The number of aliphatic carboxylic acids is 1. The number of carbonyl (C=O) groups excluding carboxylic acids is 1. The Balaban J connectivity index is 1.88. The van der Waals surface area contributed by atoms with Crippen LogP contribution in [0.15, 0.2) is 17.5 Å². The van der Waals surface area contributed by atoms with E-state index >= 15 is 0 Å². The van der Waals surface area contributed by atoms with Crippen molar-refractivity contribution in [2.75, 3.05) is 6.61 Å². The lowest BCUT2D eigenvalue weighted by atomic mass is 10.1. The van der Waals surface area contributed by atoms with Crippen molar-refractivity contribution in [2.24, 2.45) is 0 Å². The number of carbonyl (C=O) groups is 2. The molecule has 5 nitrogen and oxygen atoms in total. The molecule has 0 radical (unpaired) electrons. The maximum Gasteiger partial charge on any atom is 0.334 e. The van der Waals surface area contributed by atoms with Crippen molar-refractivity contribution in [1.82, 2.24) is 5.32 Å². The molecule has 0 aromatic carbocycles. The number of nitrogens with one attached hydrogen (secondary N) is 1. The zero-order chi connectivity index (χ0) is 12.3. The largest absolute Gasteiger partial charge is 0.479 e. The van der Waals surface area contributed by atoms with Gasteiger partial charge in [-0.2, -0.15) is 0 Å². The van der Waals surface area contributed by atoms with Crippen LogP contribution in [-0.4, -0.2) is 35.7 Å². The number of hydrogen-bond acceptors (Lipinski definition) is 4. The van der Waals surface area contributed by atoms with E-state index < -0.39 is 18.1 Å².